The zero-order valence-corrected chi connectivity index (χ0v) is 19.7. The lowest BCUT2D eigenvalue weighted by Crippen LogP contribution is -2.23. The maximum absolute atomic E-state index is 10.5. The number of hydrogen-bond donors (Lipinski definition) is 4. The Kier molecular flexibility index (Phi) is 7.23. The van der Waals surface area contributed by atoms with Crippen molar-refractivity contribution in [2.75, 3.05) is 25.0 Å². The van der Waals surface area contributed by atoms with E-state index in [0.29, 0.717) is 0 Å². The number of nitrogens with one attached hydrogen (secondary N) is 3. The summed E-state index contributed by atoms with van der Waals surface area (Å²) in [5.41, 5.74) is 5.06. The predicted molar refractivity (Wildman–Crippen MR) is 136 cm³/mol. The van der Waals surface area contributed by atoms with Gasteiger partial charge in [0.25, 0.3) is 0 Å². The lowest BCUT2D eigenvalue weighted by Gasteiger charge is -2.21. The minimum absolute atomic E-state index is 0.739. The third kappa shape index (κ3) is 5.88. The Hall–Kier alpha value is -2.99. The van der Waals surface area contributed by atoms with E-state index < -0.39 is 5.60 Å². The second-order valence-corrected chi connectivity index (χ2v) is 9.03. The van der Waals surface area contributed by atoms with E-state index in [-0.39, 0.29) is 0 Å². The second kappa shape index (κ2) is 10.3. The number of halogens is 1. The van der Waals surface area contributed by atoms with E-state index in [4.69, 9.17) is 16.3 Å². The average Bonchev–Trinajstić information content (AvgIpc) is 2.96. The molecule has 0 saturated heterocycles. The third-order valence-electron chi connectivity index (χ3n) is 5.60. The zero-order valence-electron chi connectivity index (χ0n) is 19.0. The van der Waals surface area contributed by atoms with Crippen LogP contribution < -0.4 is 20.7 Å². The molecule has 2 aliphatic heterocycles. The summed E-state index contributed by atoms with van der Waals surface area (Å²) in [5.74, 6) is 0.777. The van der Waals surface area contributed by atoms with Gasteiger partial charge in [0.05, 0.1) is 11.3 Å². The maximum atomic E-state index is 10.5. The van der Waals surface area contributed by atoms with Gasteiger partial charge in [0.2, 0.25) is 0 Å². The van der Waals surface area contributed by atoms with Crippen molar-refractivity contribution in [3.05, 3.63) is 101 Å². The van der Waals surface area contributed by atoms with Gasteiger partial charge in [0.15, 0.2) is 0 Å². The molecule has 6 heteroatoms. The smallest absolute Gasteiger partial charge is 0.134 e. The van der Waals surface area contributed by atoms with Crippen molar-refractivity contribution < 1.29 is 9.84 Å². The monoisotopic (exact) mass is 463 g/mol. The number of hydrogen-bond acceptors (Lipinski definition) is 5. The molecule has 5 nitrogen and oxygen atoms in total. The van der Waals surface area contributed by atoms with E-state index in [2.05, 4.69) is 28.1 Å². The quantitative estimate of drug-likeness (QED) is 0.399. The van der Waals surface area contributed by atoms with Crippen LogP contribution in [0.4, 0.5) is 5.69 Å². The number of rotatable bonds is 8. The Morgan fingerprint density at radius 1 is 1.09 bits per heavy atom. The molecular formula is C27H30ClN3O2. The SMILES string of the molecule is CC(C)(O)c1ccc2c(c1)C(=CCCNCCNc1ccc(Cl)cc1)C1=CC=CNC1=CO2. The van der Waals surface area contributed by atoms with Crippen LogP contribution in [0.2, 0.25) is 5.02 Å². The molecule has 0 aliphatic carbocycles. The second-order valence-electron chi connectivity index (χ2n) is 8.59. The summed E-state index contributed by atoms with van der Waals surface area (Å²) in [5, 5.41) is 21.4. The first-order valence-electron chi connectivity index (χ1n) is 11.2. The Morgan fingerprint density at radius 3 is 2.70 bits per heavy atom. The summed E-state index contributed by atoms with van der Waals surface area (Å²) in [7, 11) is 0. The molecule has 172 valence electrons. The van der Waals surface area contributed by atoms with Gasteiger partial charge in [-0.25, -0.2) is 0 Å². The standard InChI is InChI=1S/C27H30ClN3O2/c1-27(2,32)19-7-12-26-24(17-19)22(23-6-4-14-31-25(23)18-33-26)5-3-13-29-15-16-30-21-10-8-20(28)9-11-21/h4-12,14,17-18,29-32H,3,13,15-16H2,1-2H3. The lowest BCUT2D eigenvalue weighted by molar-refractivity contribution is 0.0785. The number of allylic oxidation sites excluding steroid dienone is 3. The van der Waals surface area contributed by atoms with Gasteiger partial charge in [-0.05, 0) is 80.4 Å². The molecule has 2 aromatic rings. The molecule has 0 fully saturated rings. The normalized spacial score (nSPS) is 16.1. The van der Waals surface area contributed by atoms with E-state index in [1.54, 1.807) is 20.1 Å². The third-order valence-corrected chi connectivity index (χ3v) is 5.85. The van der Waals surface area contributed by atoms with Crippen molar-refractivity contribution in [2.45, 2.75) is 25.9 Å². The molecule has 0 amide bonds. The van der Waals surface area contributed by atoms with Crippen LogP contribution in [0.1, 0.15) is 31.4 Å². The van der Waals surface area contributed by atoms with Crippen LogP contribution in [-0.4, -0.2) is 24.7 Å². The Labute approximate surface area is 200 Å². The van der Waals surface area contributed by atoms with Gasteiger partial charge < -0.3 is 25.8 Å². The van der Waals surface area contributed by atoms with E-state index in [9.17, 15) is 5.11 Å². The van der Waals surface area contributed by atoms with Gasteiger partial charge in [-0.1, -0.05) is 29.8 Å². The Balaban J connectivity index is 1.44. The van der Waals surface area contributed by atoms with Crippen LogP contribution in [0.3, 0.4) is 0 Å². The number of fused-ring (bicyclic) bond motifs is 2. The van der Waals surface area contributed by atoms with Crippen molar-refractivity contribution in [1.29, 1.82) is 0 Å². The predicted octanol–water partition coefficient (Wildman–Crippen LogP) is 5.32. The van der Waals surface area contributed by atoms with E-state index in [0.717, 1.165) is 70.5 Å². The maximum Gasteiger partial charge on any atom is 0.134 e. The van der Waals surface area contributed by atoms with Crippen molar-refractivity contribution >= 4 is 22.9 Å². The molecule has 2 aliphatic rings. The molecule has 0 bridgehead atoms. The van der Waals surface area contributed by atoms with E-state index >= 15 is 0 Å². The summed E-state index contributed by atoms with van der Waals surface area (Å²) in [6.45, 7) is 6.13. The molecule has 2 heterocycles. The van der Waals surface area contributed by atoms with Crippen molar-refractivity contribution in [3.63, 3.8) is 0 Å². The minimum Gasteiger partial charge on any atom is -0.462 e. The first-order valence-corrected chi connectivity index (χ1v) is 11.6. The minimum atomic E-state index is -0.930. The van der Waals surface area contributed by atoms with Crippen molar-refractivity contribution in [1.82, 2.24) is 10.6 Å². The Morgan fingerprint density at radius 2 is 1.91 bits per heavy atom. The average molecular weight is 464 g/mol. The molecule has 33 heavy (non-hydrogen) atoms. The highest BCUT2D eigenvalue weighted by molar-refractivity contribution is 6.30. The van der Waals surface area contributed by atoms with Crippen LogP contribution in [0.15, 0.2) is 84.4 Å². The van der Waals surface area contributed by atoms with Crippen LogP contribution in [0.5, 0.6) is 5.75 Å². The fraction of sp³-hybridized carbons (Fsp3) is 0.259. The molecule has 0 unspecified atom stereocenters. The molecular weight excluding hydrogens is 434 g/mol. The van der Waals surface area contributed by atoms with Crippen LogP contribution in [0.25, 0.3) is 5.57 Å². The molecule has 4 N–H and O–H groups in total. The number of dihydropyridines is 1. The molecule has 0 radical (unpaired) electrons. The summed E-state index contributed by atoms with van der Waals surface area (Å²) in [6.07, 6.45) is 10.8. The molecule has 0 atom stereocenters. The number of aliphatic hydroxyl groups is 1. The van der Waals surface area contributed by atoms with Gasteiger partial charge in [-0.3, -0.25) is 0 Å². The number of anilines is 1. The summed E-state index contributed by atoms with van der Waals surface area (Å²) < 4.78 is 5.97. The zero-order chi connectivity index (χ0) is 23.3. The first kappa shape index (κ1) is 23.2. The molecule has 0 aromatic heterocycles. The summed E-state index contributed by atoms with van der Waals surface area (Å²) >= 11 is 5.93. The fourth-order valence-electron chi connectivity index (χ4n) is 3.80. The van der Waals surface area contributed by atoms with Gasteiger partial charge in [0, 0.05) is 41.1 Å². The van der Waals surface area contributed by atoms with Gasteiger partial charge in [0.1, 0.15) is 12.0 Å². The number of ether oxygens (including phenoxy) is 1. The summed E-state index contributed by atoms with van der Waals surface area (Å²) in [6, 6.07) is 13.6. The molecule has 0 spiro atoms. The lowest BCUT2D eigenvalue weighted by atomic mass is 9.89. The highest BCUT2D eigenvalue weighted by Crippen LogP contribution is 2.39. The molecule has 4 rings (SSSR count). The van der Waals surface area contributed by atoms with Crippen LogP contribution >= 0.6 is 11.6 Å². The fourth-order valence-corrected chi connectivity index (χ4v) is 3.93. The van der Waals surface area contributed by atoms with Crippen molar-refractivity contribution in [3.8, 4) is 5.75 Å². The van der Waals surface area contributed by atoms with Crippen LogP contribution in [0, 0.1) is 0 Å². The van der Waals surface area contributed by atoms with E-state index in [1.807, 2.05) is 54.7 Å². The van der Waals surface area contributed by atoms with Crippen LogP contribution in [-0.2, 0) is 5.60 Å². The van der Waals surface area contributed by atoms with Gasteiger partial charge in [-0.15, -0.1) is 0 Å². The van der Waals surface area contributed by atoms with Gasteiger partial charge >= 0.3 is 0 Å². The highest BCUT2D eigenvalue weighted by atomic mass is 35.5. The van der Waals surface area contributed by atoms with Gasteiger partial charge in [-0.2, -0.15) is 0 Å². The highest BCUT2D eigenvalue weighted by Gasteiger charge is 2.24. The largest absolute Gasteiger partial charge is 0.462 e. The topological polar surface area (TPSA) is 65.5 Å². The first-order chi connectivity index (χ1) is 15.9. The Bertz CT molecular complexity index is 1110. The van der Waals surface area contributed by atoms with E-state index in [1.165, 1.54) is 0 Å². The molecule has 2 aromatic carbocycles. The molecule has 0 saturated carbocycles. The van der Waals surface area contributed by atoms with Crippen molar-refractivity contribution in [2.24, 2.45) is 0 Å². The summed E-state index contributed by atoms with van der Waals surface area (Å²) in [4.78, 5) is 0. The number of benzene rings is 2.